The predicted octanol–water partition coefficient (Wildman–Crippen LogP) is 3.53. The first-order valence-corrected chi connectivity index (χ1v) is 6.72. The summed E-state index contributed by atoms with van der Waals surface area (Å²) >= 11 is 0. The van der Waals surface area contributed by atoms with E-state index >= 15 is 0 Å². The molecule has 18 heavy (non-hydrogen) atoms. The monoisotopic (exact) mass is 253 g/mol. The van der Waals surface area contributed by atoms with Crippen LogP contribution in [0.2, 0.25) is 0 Å². The summed E-state index contributed by atoms with van der Waals surface area (Å²) in [5.41, 5.74) is 0.509. The lowest BCUT2D eigenvalue weighted by atomic mass is 9.76. The summed E-state index contributed by atoms with van der Waals surface area (Å²) in [5, 5.41) is 3.31. The molecule has 0 bridgehead atoms. The average molecular weight is 253 g/mol. The van der Waals surface area contributed by atoms with E-state index < -0.39 is 11.6 Å². The molecule has 1 fully saturated rings. The molecule has 0 aromatic heterocycles. The molecule has 3 atom stereocenters. The van der Waals surface area contributed by atoms with Gasteiger partial charge in [0.25, 0.3) is 0 Å². The number of hydrogen-bond acceptors (Lipinski definition) is 1. The van der Waals surface area contributed by atoms with Gasteiger partial charge in [0.1, 0.15) is 0 Å². The molecule has 1 saturated carbocycles. The molecular weight excluding hydrogens is 232 g/mol. The third kappa shape index (κ3) is 2.89. The summed E-state index contributed by atoms with van der Waals surface area (Å²) in [6, 6.07) is 4.89. The average Bonchev–Trinajstić information content (AvgIpc) is 2.35. The van der Waals surface area contributed by atoms with Crippen LogP contribution in [0.1, 0.15) is 31.7 Å². The van der Waals surface area contributed by atoms with Crippen LogP contribution >= 0.6 is 0 Å². The van der Waals surface area contributed by atoms with Crippen LogP contribution in [-0.2, 0) is 6.42 Å². The van der Waals surface area contributed by atoms with Gasteiger partial charge in [-0.25, -0.2) is 8.78 Å². The molecule has 1 nitrogen and oxygen atoms in total. The molecule has 1 N–H and O–H groups in total. The third-order valence-corrected chi connectivity index (χ3v) is 4.13. The van der Waals surface area contributed by atoms with Crippen molar-refractivity contribution >= 4 is 0 Å². The molecular formula is C15H21F2N. The molecule has 0 radical (unpaired) electrons. The molecule has 0 amide bonds. The fourth-order valence-corrected chi connectivity index (χ4v) is 3.09. The van der Waals surface area contributed by atoms with E-state index in [1.54, 1.807) is 12.1 Å². The first-order valence-electron chi connectivity index (χ1n) is 6.72. The first kappa shape index (κ1) is 13.5. The fraction of sp³-hybridized carbons (Fsp3) is 0.600. The van der Waals surface area contributed by atoms with Gasteiger partial charge in [-0.1, -0.05) is 19.1 Å². The lowest BCUT2D eigenvalue weighted by molar-refractivity contribution is 0.218. The Balaban J connectivity index is 2.13. The maximum absolute atomic E-state index is 13.7. The maximum Gasteiger partial charge on any atom is 0.162 e. The van der Waals surface area contributed by atoms with Gasteiger partial charge in [-0.3, -0.25) is 0 Å². The molecule has 0 spiro atoms. The second-order valence-electron chi connectivity index (χ2n) is 5.49. The van der Waals surface area contributed by atoms with Gasteiger partial charge in [-0.05, 0) is 56.2 Å². The van der Waals surface area contributed by atoms with Crippen molar-refractivity contribution in [2.75, 3.05) is 7.05 Å². The number of benzene rings is 1. The van der Waals surface area contributed by atoms with Gasteiger partial charge in [0.15, 0.2) is 11.6 Å². The van der Waals surface area contributed by atoms with Crippen LogP contribution < -0.4 is 5.32 Å². The molecule has 1 aliphatic rings. The molecule has 100 valence electrons. The SMILES string of the molecule is CNC1CCC(C)CC1Cc1cccc(F)c1F. The Kier molecular flexibility index (Phi) is 4.33. The van der Waals surface area contributed by atoms with Gasteiger partial charge in [0, 0.05) is 6.04 Å². The molecule has 3 heteroatoms. The number of nitrogens with one attached hydrogen (secondary N) is 1. The van der Waals surface area contributed by atoms with Crippen molar-refractivity contribution in [2.45, 2.75) is 38.6 Å². The summed E-state index contributed by atoms with van der Waals surface area (Å²) < 4.78 is 26.9. The van der Waals surface area contributed by atoms with E-state index in [1.807, 2.05) is 7.05 Å². The van der Waals surface area contributed by atoms with E-state index in [4.69, 9.17) is 0 Å². The fourth-order valence-electron chi connectivity index (χ4n) is 3.09. The Labute approximate surface area is 108 Å². The molecule has 2 rings (SSSR count). The summed E-state index contributed by atoms with van der Waals surface area (Å²) in [7, 11) is 1.95. The normalized spacial score (nSPS) is 28.3. The van der Waals surface area contributed by atoms with Crippen molar-refractivity contribution in [3.63, 3.8) is 0 Å². The number of halogens is 2. The van der Waals surface area contributed by atoms with Crippen molar-refractivity contribution < 1.29 is 8.78 Å². The van der Waals surface area contributed by atoms with Gasteiger partial charge in [-0.15, -0.1) is 0 Å². The van der Waals surface area contributed by atoms with Crippen LogP contribution in [0.5, 0.6) is 0 Å². The van der Waals surface area contributed by atoms with Crippen LogP contribution in [0.4, 0.5) is 8.78 Å². The Morgan fingerprint density at radius 1 is 1.28 bits per heavy atom. The summed E-state index contributed by atoms with van der Waals surface area (Å²) in [6.45, 7) is 2.24. The van der Waals surface area contributed by atoms with E-state index in [-0.39, 0.29) is 0 Å². The van der Waals surface area contributed by atoms with Crippen molar-refractivity contribution in [1.29, 1.82) is 0 Å². The lowest BCUT2D eigenvalue weighted by Gasteiger charge is -2.35. The lowest BCUT2D eigenvalue weighted by Crippen LogP contribution is -2.39. The minimum atomic E-state index is -0.739. The highest BCUT2D eigenvalue weighted by Gasteiger charge is 2.28. The number of rotatable bonds is 3. The quantitative estimate of drug-likeness (QED) is 0.869. The highest BCUT2D eigenvalue weighted by atomic mass is 19.2. The van der Waals surface area contributed by atoms with Crippen molar-refractivity contribution in [2.24, 2.45) is 11.8 Å². The third-order valence-electron chi connectivity index (χ3n) is 4.13. The maximum atomic E-state index is 13.7. The second kappa shape index (κ2) is 5.79. The van der Waals surface area contributed by atoms with Crippen LogP contribution in [0, 0.1) is 23.5 Å². The molecule has 1 aromatic rings. The largest absolute Gasteiger partial charge is 0.317 e. The molecule has 1 aromatic carbocycles. The highest BCUT2D eigenvalue weighted by molar-refractivity contribution is 5.20. The molecule has 0 aliphatic heterocycles. The van der Waals surface area contributed by atoms with Crippen LogP contribution in [0.25, 0.3) is 0 Å². The van der Waals surface area contributed by atoms with Gasteiger partial charge >= 0.3 is 0 Å². The van der Waals surface area contributed by atoms with E-state index in [2.05, 4.69) is 12.2 Å². The second-order valence-corrected chi connectivity index (χ2v) is 5.49. The van der Waals surface area contributed by atoms with E-state index in [0.29, 0.717) is 29.9 Å². The topological polar surface area (TPSA) is 12.0 Å². The van der Waals surface area contributed by atoms with Crippen LogP contribution in [-0.4, -0.2) is 13.1 Å². The minimum absolute atomic E-state index is 0.398. The molecule has 0 saturated heterocycles. The van der Waals surface area contributed by atoms with Crippen molar-refractivity contribution in [1.82, 2.24) is 5.32 Å². The first-order chi connectivity index (χ1) is 8.61. The van der Waals surface area contributed by atoms with Gasteiger partial charge in [0.05, 0.1) is 0 Å². The molecule has 0 heterocycles. The van der Waals surface area contributed by atoms with E-state index in [1.165, 1.54) is 12.5 Å². The zero-order valence-corrected chi connectivity index (χ0v) is 11.0. The highest BCUT2D eigenvalue weighted by Crippen LogP contribution is 2.32. The van der Waals surface area contributed by atoms with E-state index in [0.717, 1.165) is 12.8 Å². The Hall–Kier alpha value is -0.960. The van der Waals surface area contributed by atoms with Crippen LogP contribution in [0.15, 0.2) is 18.2 Å². The zero-order chi connectivity index (χ0) is 13.1. The summed E-state index contributed by atoms with van der Waals surface area (Å²) in [4.78, 5) is 0. The van der Waals surface area contributed by atoms with Crippen molar-refractivity contribution in [3.05, 3.63) is 35.4 Å². The standard InChI is InChI=1S/C15H21F2N/c1-10-6-7-14(18-2)12(8-10)9-11-4-3-5-13(16)15(11)17/h3-5,10,12,14,18H,6-9H2,1-2H3. The van der Waals surface area contributed by atoms with Gasteiger partial charge in [-0.2, -0.15) is 0 Å². The van der Waals surface area contributed by atoms with Gasteiger partial charge in [0.2, 0.25) is 0 Å². The summed E-state index contributed by atoms with van der Waals surface area (Å²) in [6.07, 6.45) is 4.05. The Bertz CT molecular complexity index is 405. The molecule has 3 unspecified atom stereocenters. The number of hydrogen-bond donors (Lipinski definition) is 1. The van der Waals surface area contributed by atoms with Crippen molar-refractivity contribution in [3.8, 4) is 0 Å². The van der Waals surface area contributed by atoms with Gasteiger partial charge < -0.3 is 5.32 Å². The predicted molar refractivity (Wildman–Crippen MR) is 69.4 cm³/mol. The minimum Gasteiger partial charge on any atom is -0.317 e. The smallest absolute Gasteiger partial charge is 0.162 e. The van der Waals surface area contributed by atoms with Crippen LogP contribution in [0.3, 0.4) is 0 Å². The Morgan fingerprint density at radius 3 is 2.78 bits per heavy atom. The molecule has 1 aliphatic carbocycles. The Morgan fingerprint density at radius 2 is 2.06 bits per heavy atom. The van der Waals surface area contributed by atoms with E-state index in [9.17, 15) is 8.78 Å². The zero-order valence-electron chi connectivity index (χ0n) is 11.0. The summed E-state index contributed by atoms with van der Waals surface area (Å²) in [5.74, 6) is -0.339.